The fourth-order valence-corrected chi connectivity index (χ4v) is 4.08. The Morgan fingerprint density at radius 3 is 2.81 bits per heavy atom. The van der Waals surface area contributed by atoms with Gasteiger partial charge >= 0.3 is 0 Å². The number of carbonyl (C=O) groups excluding carboxylic acids is 1. The van der Waals surface area contributed by atoms with E-state index in [4.69, 9.17) is 9.72 Å². The van der Waals surface area contributed by atoms with Crippen LogP contribution in [-0.4, -0.2) is 17.9 Å². The van der Waals surface area contributed by atoms with Crippen molar-refractivity contribution in [3.05, 3.63) is 33.2 Å². The Kier molecular flexibility index (Phi) is 3.66. The summed E-state index contributed by atoms with van der Waals surface area (Å²) in [7, 11) is 1.65. The molecule has 0 atom stereocenters. The molecular weight excluding hydrogens is 350 g/mol. The first kappa shape index (κ1) is 14.7. The van der Waals surface area contributed by atoms with E-state index in [1.54, 1.807) is 7.11 Å². The number of benzene rings is 1. The van der Waals surface area contributed by atoms with Crippen molar-refractivity contribution in [1.82, 2.24) is 4.98 Å². The van der Waals surface area contributed by atoms with Crippen LogP contribution < -0.4 is 4.74 Å². The van der Waals surface area contributed by atoms with Crippen molar-refractivity contribution in [3.8, 4) is 16.3 Å². The summed E-state index contributed by atoms with van der Waals surface area (Å²) in [5.74, 6) is 0.981. The molecule has 5 heteroatoms. The van der Waals surface area contributed by atoms with Crippen molar-refractivity contribution in [2.45, 2.75) is 26.7 Å². The monoisotopic (exact) mass is 365 g/mol. The lowest BCUT2D eigenvalue weighted by molar-refractivity contribution is 0.0916. The molecule has 1 aromatic carbocycles. The van der Waals surface area contributed by atoms with E-state index in [0.29, 0.717) is 6.42 Å². The summed E-state index contributed by atoms with van der Waals surface area (Å²) in [6.07, 6.45) is 1.44. The summed E-state index contributed by atoms with van der Waals surface area (Å²) in [4.78, 5) is 17.8. The Labute approximate surface area is 136 Å². The molecule has 21 heavy (non-hydrogen) atoms. The van der Waals surface area contributed by atoms with Crippen LogP contribution in [0.15, 0.2) is 22.7 Å². The molecule has 0 bridgehead atoms. The molecule has 0 fully saturated rings. The molecular formula is C16H16BrNO2S. The highest BCUT2D eigenvalue weighted by atomic mass is 79.9. The van der Waals surface area contributed by atoms with E-state index in [1.807, 2.05) is 18.2 Å². The second kappa shape index (κ2) is 5.21. The van der Waals surface area contributed by atoms with E-state index in [9.17, 15) is 4.79 Å². The van der Waals surface area contributed by atoms with Crippen LogP contribution in [0.2, 0.25) is 0 Å². The maximum atomic E-state index is 12.3. The summed E-state index contributed by atoms with van der Waals surface area (Å²) in [5, 5.41) is 0.851. The maximum Gasteiger partial charge on any atom is 0.175 e. The summed E-state index contributed by atoms with van der Waals surface area (Å²) < 4.78 is 6.39. The number of nitrogens with zero attached hydrogens (tertiary/aromatic N) is 1. The topological polar surface area (TPSA) is 39.2 Å². The van der Waals surface area contributed by atoms with Crippen LogP contribution >= 0.6 is 27.3 Å². The number of ketones is 1. The van der Waals surface area contributed by atoms with Crippen LogP contribution in [0.25, 0.3) is 10.6 Å². The van der Waals surface area contributed by atoms with Crippen molar-refractivity contribution in [2.75, 3.05) is 7.11 Å². The van der Waals surface area contributed by atoms with Crippen molar-refractivity contribution in [1.29, 1.82) is 0 Å². The second-order valence-corrected chi connectivity index (χ2v) is 8.00. The molecule has 1 aliphatic carbocycles. The predicted molar refractivity (Wildman–Crippen MR) is 88.2 cm³/mol. The van der Waals surface area contributed by atoms with Crippen LogP contribution in [0.4, 0.5) is 0 Å². The highest BCUT2D eigenvalue weighted by molar-refractivity contribution is 9.10. The molecule has 3 rings (SSSR count). The highest BCUT2D eigenvalue weighted by Crippen LogP contribution is 2.42. The number of thiazole rings is 1. The van der Waals surface area contributed by atoms with Gasteiger partial charge in [0.1, 0.15) is 10.8 Å². The number of aromatic nitrogens is 1. The van der Waals surface area contributed by atoms with Gasteiger partial charge in [-0.3, -0.25) is 4.79 Å². The molecule has 110 valence electrons. The number of ether oxygens (including phenoxy) is 1. The second-order valence-electron chi connectivity index (χ2n) is 6.08. The third-order valence-electron chi connectivity index (χ3n) is 3.63. The molecule has 0 N–H and O–H groups in total. The largest absolute Gasteiger partial charge is 0.496 e. The number of carbonyl (C=O) groups is 1. The average Bonchev–Trinajstić information content (AvgIpc) is 2.81. The number of hydrogen-bond acceptors (Lipinski definition) is 4. The third kappa shape index (κ3) is 2.77. The lowest BCUT2D eigenvalue weighted by Gasteiger charge is -2.26. The van der Waals surface area contributed by atoms with E-state index in [0.717, 1.165) is 37.8 Å². The van der Waals surface area contributed by atoms with Crippen molar-refractivity contribution < 1.29 is 9.53 Å². The number of halogens is 1. The van der Waals surface area contributed by atoms with Crippen molar-refractivity contribution >= 4 is 33.0 Å². The molecule has 0 saturated heterocycles. The molecule has 0 amide bonds. The minimum absolute atomic E-state index is 0.00319. The lowest BCUT2D eigenvalue weighted by Crippen LogP contribution is -2.25. The van der Waals surface area contributed by atoms with Crippen molar-refractivity contribution in [2.24, 2.45) is 5.41 Å². The van der Waals surface area contributed by atoms with Crippen LogP contribution in [-0.2, 0) is 6.42 Å². The number of Topliss-reactive ketones (excluding diaryl/α,β-unsaturated/α-hetero) is 1. The Hall–Kier alpha value is -1.20. The molecule has 0 radical (unpaired) electrons. The minimum atomic E-state index is -0.00319. The van der Waals surface area contributed by atoms with Gasteiger partial charge in [0.2, 0.25) is 0 Å². The molecule has 0 aliphatic heterocycles. The van der Waals surface area contributed by atoms with Crippen LogP contribution in [0.1, 0.15) is 35.6 Å². The van der Waals surface area contributed by atoms with Crippen LogP contribution in [0.3, 0.4) is 0 Å². The Morgan fingerprint density at radius 1 is 1.33 bits per heavy atom. The number of methoxy groups -OCH3 is 1. The first-order valence-corrected chi connectivity index (χ1v) is 8.37. The standard InChI is InChI=1S/C16H16BrNO2S/c1-16(2)7-11-14(12(19)8-16)21-15(18-11)10-6-9(17)4-5-13(10)20-3/h4-6H,7-8H2,1-3H3. The maximum absolute atomic E-state index is 12.3. The van der Waals surface area contributed by atoms with E-state index in [2.05, 4.69) is 29.8 Å². The smallest absolute Gasteiger partial charge is 0.175 e. The van der Waals surface area contributed by atoms with Gasteiger partial charge < -0.3 is 4.74 Å². The van der Waals surface area contributed by atoms with E-state index in [-0.39, 0.29) is 11.2 Å². The summed E-state index contributed by atoms with van der Waals surface area (Å²) in [5.41, 5.74) is 1.85. The fraction of sp³-hybridized carbons (Fsp3) is 0.375. The molecule has 0 saturated carbocycles. The lowest BCUT2D eigenvalue weighted by atomic mass is 9.78. The molecule has 1 aromatic heterocycles. The van der Waals surface area contributed by atoms with Gasteiger partial charge in [-0.05, 0) is 30.0 Å². The Balaban J connectivity index is 2.11. The van der Waals surface area contributed by atoms with E-state index >= 15 is 0 Å². The Morgan fingerprint density at radius 2 is 2.10 bits per heavy atom. The van der Waals surface area contributed by atoms with Gasteiger partial charge in [0, 0.05) is 10.9 Å². The van der Waals surface area contributed by atoms with Gasteiger partial charge in [0.15, 0.2) is 5.78 Å². The zero-order chi connectivity index (χ0) is 15.2. The predicted octanol–water partition coefficient (Wildman–Crippen LogP) is 4.74. The van der Waals surface area contributed by atoms with E-state index in [1.165, 1.54) is 11.3 Å². The number of rotatable bonds is 2. The number of hydrogen-bond donors (Lipinski definition) is 0. The summed E-state index contributed by atoms with van der Waals surface area (Å²) in [6.45, 7) is 4.24. The highest BCUT2D eigenvalue weighted by Gasteiger charge is 2.34. The molecule has 3 nitrogen and oxygen atoms in total. The molecule has 2 aromatic rings. The fourth-order valence-electron chi connectivity index (χ4n) is 2.68. The number of fused-ring (bicyclic) bond motifs is 1. The molecule has 1 heterocycles. The van der Waals surface area contributed by atoms with Gasteiger partial charge in [0.25, 0.3) is 0 Å². The van der Waals surface area contributed by atoms with Gasteiger partial charge in [-0.25, -0.2) is 4.98 Å². The van der Waals surface area contributed by atoms with Gasteiger partial charge in [-0.2, -0.15) is 0 Å². The van der Waals surface area contributed by atoms with Gasteiger partial charge in [-0.15, -0.1) is 11.3 Å². The summed E-state index contributed by atoms with van der Waals surface area (Å²) in [6, 6.07) is 5.83. The molecule has 1 aliphatic rings. The average molecular weight is 366 g/mol. The SMILES string of the molecule is COc1ccc(Br)cc1-c1nc2c(s1)C(=O)CC(C)(C)C2. The zero-order valence-electron chi connectivity index (χ0n) is 12.2. The van der Waals surface area contributed by atoms with Crippen LogP contribution in [0, 0.1) is 5.41 Å². The quantitative estimate of drug-likeness (QED) is 0.771. The Bertz CT molecular complexity index is 721. The zero-order valence-corrected chi connectivity index (χ0v) is 14.6. The first-order valence-electron chi connectivity index (χ1n) is 6.76. The third-order valence-corrected chi connectivity index (χ3v) is 5.29. The molecule has 0 unspecified atom stereocenters. The van der Waals surface area contributed by atoms with Gasteiger partial charge in [0.05, 0.1) is 23.2 Å². The first-order chi connectivity index (χ1) is 9.89. The molecule has 0 spiro atoms. The van der Waals surface area contributed by atoms with Gasteiger partial charge in [-0.1, -0.05) is 29.8 Å². The van der Waals surface area contributed by atoms with E-state index < -0.39 is 0 Å². The van der Waals surface area contributed by atoms with Crippen LogP contribution in [0.5, 0.6) is 5.75 Å². The van der Waals surface area contributed by atoms with Crippen molar-refractivity contribution in [3.63, 3.8) is 0 Å². The summed E-state index contributed by atoms with van der Waals surface area (Å²) >= 11 is 4.95. The normalized spacial score (nSPS) is 16.7. The minimum Gasteiger partial charge on any atom is -0.496 e.